The number of hydrogen-bond acceptors (Lipinski definition) is 2. The summed E-state index contributed by atoms with van der Waals surface area (Å²) >= 11 is 0. The molecule has 0 aliphatic carbocycles. The smallest absolute Gasteiger partial charge is 0.336 e. The van der Waals surface area contributed by atoms with Crippen LogP contribution in [0.4, 0.5) is 0 Å². The van der Waals surface area contributed by atoms with Crippen LogP contribution in [0.1, 0.15) is 31.8 Å². The van der Waals surface area contributed by atoms with Gasteiger partial charge in [-0.1, -0.05) is 42.0 Å². The summed E-state index contributed by atoms with van der Waals surface area (Å²) in [5.74, 6) is -1.36. The van der Waals surface area contributed by atoms with Crippen LogP contribution in [-0.4, -0.2) is 16.9 Å². The molecule has 3 heteroatoms. The van der Waals surface area contributed by atoms with E-state index in [9.17, 15) is 9.59 Å². The van der Waals surface area contributed by atoms with Gasteiger partial charge in [-0.2, -0.15) is 0 Å². The minimum absolute atomic E-state index is 0.0452. The highest BCUT2D eigenvalue weighted by Gasteiger charge is 2.17. The maximum atomic E-state index is 12.2. The average Bonchev–Trinajstić information content (AvgIpc) is 2.39. The highest BCUT2D eigenvalue weighted by molar-refractivity contribution is 6.14. The van der Waals surface area contributed by atoms with Crippen LogP contribution in [0.5, 0.6) is 0 Å². The SMILES string of the molecule is Cc1ccc(C(=O)c2ccccc2)c(C(=O)O)c1. The standard InChI is InChI=1S/C15H12O3/c1-10-7-8-12(13(9-10)15(17)18)14(16)11-5-3-2-4-6-11/h2-9H,1H3,(H,17,18). The van der Waals surface area contributed by atoms with E-state index in [1.54, 1.807) is 43.3 Å². The zero-order valence-electron chi connectivity index (χ0n) is 9.88. The maximum Gasteiger partial charge on any atom is 0.336 e. The van der Waals surface area contributed by atoms with Crippen LogP contribution in [0.3, 0.4) is 0 Å². The van der Waals surface area contributed by atoms with Crippen molar-refractivity contribution in [2.24, 2.45) is 0 Å². The fraction of sp³-hybridized carbons (Fsp3) is 0.0667. The second kappa shape index (κ2) is 4.84. The first-order valence-corrected chi connectivity index (χ1v) is 5.53. The van der Waals surface area contributed by atoms with E-state index in [1.165, 1.54) is 6.07 Å². The van der Waals surface area contributed by atoms with Gasteiger partial charge in [-0.05, 0) is 19.1 Å². The van der Waals surface area contributed by atoms with E-state index in [0.717, 1.165) is 5.56 Å². The van der Waals surface area contributed by atoms with Gasteiger partial charge >= 0.3 is 5.97 Å². The molecule has 0 heterocycles. The number of carboxylic acids is 1. The van der Waals surface area contributed by atoms with Gasteiger partial charge in [0.1, 0.15) is 0 Å². The molecule has 90 valence electrons. The molecular formula is C15H12O3. The number of benzene rings is 2. The second-order valence-electron chi connectivity index (χ2n) is 4.05. The fourth-order valence-corrected chi connectivity index (χ4v) is 1.78. The zero-order valence-corrected chi connectivity index (χ0v) is 9.88. The lowest BCUT2D eigenvalue weighted by Crippen LogP contribution is -2.09. The van der Waals surface area contributed by atoms with Crippen molar-refractivity contribution in [1.82, 2.24) is 0 Å². The predicted octanol–water partition coefficient (Wildman–Crippen LogP) is 2.92. The molecule has 0 saturated carbocycles. The van der Waals surface area contributed by atoms with Gasteiger partial charge in [-0.3, -0.25) is 4.79 Å². The number of rotatable bonds is 3. The Hall–Kier alpha value is -2.42. The van der Waals surface area contributed by atoms with Gasteiger partial charge in [-0.15, -0.1) is 0 Å². The number of carbonyl (C=O) groups excluding carboxylic acids is 1. The Bertz CT molecular complexity index is 600. The third-order valence-corrected chi connectivity index (χ3v) is 2.69. The normalized spacial score (nSPS) is 10.1. The van der Waals surface area contributed by atoms with Crippen molar-refractivity contribution < 1.29 is 14.7 Å². The average molecular weight is 240 g/mol. The van der Waals surface area contributed by atoms with Crippen molar-refractivity contribution in [2.45, 2.75) is 6.92 Å². The molecule has 18 heavy (non-hydrogen) atoms. The molecule has 0 bridgehead atoms. The van der Waals surface area contributed by atoms with E-state index in [4.69, 9.17) is 5.11 Å². The first kappa shape index (κ1) is 12.0. The van der Waals surface area contributed by atoms with E-state index < -0.39 is 5.97 Å². The van der Waals surface area contributed by atoms with Gasteiger partial charge in [0.2, 0.25) is 0 Å². The van der Waals surface area contributed by atoms with Crippen molar-refractivity contribution in [1.29, 1.82) is 0 Å². The molecule has 3 nitrogen and oxygen atoms in total. The number of aromatic carboxylic acids is 1. The van der Waals surface area contributed by atoms with E-state index in [1.807, 2.05) is 6.07 Å². The van der Waals surface area contributed by atoms with Crippen molar-refractivity contribution in [2.75, 3.05) is 0 Å². The first-order chi connectivity index (χ1) is 8.59. The van der Waals surface area contributed by atoms with E-state index >= 15 is 0 Å². The summed E-state index contributed by atoms with van der Waals surface area (Å²) in [6.07, 6.45) is 0. The van der Waals surface area contributed by atoms with Gasteiger partial charge in [0, 0.05) is 11.1 Å². The molecule has 1 N–H and O–H groups in total. The number of carbonyl (C=O) groups is 2. The summed E-state index contributed by atoms with van der Waals surface area (Å²) in [7, 11) is 0. The Labute approximate surface area is 105 Å². The molecule has 0 amide bonds. The topological polar surface area (TPSA) is 54.4 Å². The Morgan fingerprint density at radius 2 is 1.61 bits per heavy atom. The summed E-state index contributed by atoms with van der Waals surface area (Å²) in [6.45, 7) is 1.79. The highest BCUT2D eigenvalue weighted by atomic mass is 16.4. The quantitative estimate of drug-likeness (QED) is 0.839. The summed E-state index contributed by atoms with van der Waals surface area (Å²) in [4.78, 5) is 23.4. The Kier molecular flexibility index (Phi) is 3.24. The van der Waals surface area contributed by atoms with Gasteiger partial charge < -0.3 is 5.11 Å². The largest absolute Gasteiger partial charge is 0.478 e. The van der Waals surface area contributed by atoms with Gasteiger partial charge in [-0.25, -0.2) is 4.79 Å². The molecule has 0 atom stereocenters. The maximum absolute atomic E-state index is 12.2. The zero-order chi connectivity index (χ0) is 13.1. The van der Waals surface area contributed by atoms with Crippen LogP contribution < -0.4 is 0 Å². The summed E-state index contributed by atoms with van der Waals surface area (Å²) in [5, 5.41) is 9.13. The highest BCUT2D eigenvalue weighted by Crippen LogP contribution is 2.16. The van der Waals surface area contributed by atoms with Gasteiger partial charge in [0.05, 0.1) is 5.56 Å². The molecule has 0 spiro atoms. The monoisotopic (exact) mass is 240 g/mol. The minimum Gasteiger partial charge on any atom is -0.478 e. The van der Waals surface area contributed by atoms with Crippen LogP contribution in [0.15, 0.2) is 48.5 Å². The van der Waals surface area contributed by atoms with Crippen LogP contribution in [0.25, 0.3) is 0 Å². The molecule has 2 aromatic rings. The van der Waals surface area contributed by atoms with Crippen molar-refractivity contribution in [3.8, 4) is 0 Å². The van der Waals surface area contributed by atoms with Crippen LogP contribution in [0, 0.1) is 6.92 Å². The second-order valence-corrected chi connectivity index (χ2v) is 4.05. The lowest BCUT2D eigenvalue weighted by Gasteiger charge is -2.06. The molecular weight excluding hydrogens is 228 g/mol. The molecule has 0 aromatic heterocycles. The summed E-state index contributed by atoms with van der Waals surface area (Å²) < 4.78 is 0. The molecule has 0 unspecified atom stereocenters. The fourth-order valence-electron chi connectivity index (χ4n) is 1.78. The minimum atomic E-state index is -1.09. The molecule has 0 aliphatic heterocycles. The molecule has 0 saturated heterocycles. The number of ketones is 1. The van der Waals surface area contributed by atoms with Crippen molar-refractivity contribution >= 4 is 11.8 Å². The molecule has 2 aromatic carbocycles. The van der Waals surface area contributed by atoms with Crippen LogP contribution in [-0.2, 0) is 0 Å². The third-order valence-electron chi connectivity index (χ3n) is 2.69. The number of aryl methyl sites for hydroxylation is 1. The van der Waals surface area contributed by atoms with E-state index in [0.29, 0.717) is 5.56 Å². The Balaban J connectivity index is 2.52. The predicted molar refractivity (Wildman–Crippen MR) is 68.0 cm³/mol. The molecule has 0 aliphatic rings. The Morgan fingerprint density at radius 1 is 0.944 bits per heavy atom. The lowest BCUT2D eigenvalue weighted by atomic mass is 9.97. The summed E-state index contributed by atoms with van der Waals surface area (Å²) in [6, 6.07) is 13.5. The van der Waals surface area contributed by atoms with Crippen molar-refractivity contribution in [3.05, 3.63) is 70.8 Å². The van der Waals surface area contributed by atoms with Crippen LogP contribution in [0.2, 0.25) is 0 Å². The summed E-state index contributed by atoms with van der Waals surface area (Å²) in [5.41, 5.74) is 1.57. The Morgan fingerprint density at radius 3 is 2.22 bits per heavy atom. The molecule has 0 fully saturated rings. The molecule has 0 radical (unpaired) electrons. The number of carboxylic acid groups (broad SMARTS) is 1. The van der Waals surface area contributed by atoms with E-state index in [2.05, 4.69) is 0 Å². The van der Waals surface area contributed by atoms with Crippen LogP contribution >= 0.6 is 0 Å². The lowest BCUT2D eigenvalue weighted by molar-refractivity contribution is 0.0692. The van der Waals surface area contributed by atoms with Crippen molar-refractivity contribution in [3.63, 3.8) is 0 Å². The molecule has 2 rings (SSSR count). The number of hydrogen-bond donors (Lipinski definition) is 1. The van der Waals surface area contributed by atoms with E-state index in [-0.39, 0.29) is 16.9 Å². The third kappa shape index (κ3) is 2.30. The van der Waals surface area contributed by atoms with Gasteiger partial charge in [0.15, 0.2) is 5.78 Å². The van der Waals surface area contributed by atoms with Gasteiger partial charge in [0.25, 0.3) is 0 Å². The first-order valence-electron chi connectivity index (χ1n) is 5.53.